The Kier molecular flexibility index (Phi) is 6.70. The number of rotatable bonds is 5. The van der Waals surface area contributed by atoms with Gasteiger partial charge in [0.1, 0.15) is 11.3 Å². The first-order valence-corrected chi connectivity index (χ1v) is 9.04. The maximum Gasteiger partial charge on any atom is 0.410 e. The first-order valence-electron chi connectivity index (χ1n) is 8.66. The van der Waals surface area contributed by atoms with Gasteiger partial charge in [-0.25, -0.2) is 4.79 Å². The summed E-state index contributed by atoms with van der Waals surface area (Å²) in [5.41, 5.74) is 0.287. The summed E-state index contributed by atoms with van der Waals surface area (Å²) in [6.07, 6.45) is 1.60. The highest BCUT2D eigenvalue weighted by Crippen LogP contribution is 2.25. The number of anilines is 1. The summed E-state index contributed by atoms with van der Waals surface area (Å²) in [5, 5.41) is 11.4. The zero-order valence-corrected chi connectivity index (χ0v) is 16.1. The number of carbonyl (C=O) groups is 1. The molecule has 1 fully saturated rings. The number of hydrogen-bond donors (Lipinski definition) is 1. The summed E-state index contributed by atoms with van der Waals surface area (Å²) in [4.78, 5) is 13.9. The Balaban J connectivity index is 1.83. The van der Waals surface area contributed by atoms with E-state index < -0.39 is 5.60 Å². The molecule has 1 saturated heterocycles. The second-order valence-electron chi connectivity index (χ2n) is 7.11. The summed E-state index contributed by atoms with van der Waals surface area (Å²) < 4.78 is 10.9. The van der Waals surface area contributed by atoms with Crippen LogP contribution in [-0.2, 0) is 4.74 Å². The fourth-order valence-electron chi connectivity index (χ4n) is 2.63. The van der Waals surface area contributed by atoms with Crippen molar-refractivity contribution in [1.29, 1.82) is 0 Å². The van der Waals surface area contributed by atoms with E-state index in [9.17, 15) is 4.79 Å². The van der Waals surface area contributed by atoms with E-state index in [-0.39, 0.29) is 6.09 Å². The first-order chi connectivity index (χ1) is 11.8. The van der Waals surface area contributed by atoms with Gasteiger partial charge in [-0.3, -0.25) is 0 Å². The SMILES string of the molecule is CCOc1nnc(Cl)cc1NCC1CCN(C(=O)OC(C)(C)C)CC1. The monoisotopic (exact) mass is 370 g/mol. The van der Waals surface area contributed by atoms with E-state index in [2.05, 4.69) is 15.5 Å². The molecule has 25 heavy (non-hydrogen) atoms. The molecule has 0 unspecified atom stereocenters. The van der Waals surface area contributed by atoms with Crippen molar-refractivity contribution in [2.75, 3.05) is 31.6 Å². The number of likely N-dealkylation sites (tertiary alicyclic amines) is 1. The van der Waals surface area contributed by atoms with Crippen LogP contribution in [0.3, 0.4) is 0 Å². The molecule has 0 aliphatic carbocycles. The van der Waals surface area contributed by atoms with Crippen molar-refractivity contribution < 1.29 is 14.3 Å². The van der Waals surface area contributed by atoms with Crippen LogP contribution in [0.1, 0.15) is 40.5 Å². The van der Waals surface area contributed by atoms with Crippen molar-refractivity contribution in [2.24, 2.45) is 5.92 Å². The van der Waals surface area contributed by atoms with Crippen LogP contribution in [0.4, 0.5) is 10.5 Å². The van der Waals surface area contributed by atoms with E-state index in [0.29, 0.717) is 36.6 Å². The lowest BCUT2D eigenvalue weighted by Gasteiger charge is -2.33. The number of hydrogen-bond acceptors (Lipinski definition) is 6. The first kappa shape index (κ1) is 19.6. The van der Waals surface area contributed by atoms with Crippen molar-refractivity contribution in [3.05, 3.63) is 11.2 Å². The molecule has 0 spiro atoms. The smallest absolute Gasteiger partial charge is 0.410 e. The third-order valence-electron chi connectivity index (χ3n) is 3.86. The molecule has 2 rings (SSSR count). The summed E-state index contributed by atoms with van der Waals surface area (Å²) in [6.45, 7) is 10.2. The highest BCUT2D eigenvalue weighted by atomic mass is 35.5. The summed E-state index contributed by atoms with van der Waals surface area (Å²) in [6, 6.07) is 1.72. The predicted octanol–water partition coefficient (Wildman–Crippen LogP) is 3.59. The number of carbonyl (C=O) groups excluding carboxylic acids is 1. The third-order valence-corrected chi connectivity index (χ3v) is 4.04. The summed E-state index contributed by atoms with van der Waals surface area (Å²) >= 11 is 5.92. The van der Waals surface area contributed by atoms with E-state index in [4.69, 9.17) is 21.1 Å². The van der Waals surface area contributed by atoms with Crippen LogP contribution in [0, 0.1) is 5.92 Å². The van der Waals surface area contributed by atoms with Crippen LogP contribution in [-0.4, -0.2) is 53.0 Å². The molecule has 0 aromatic carbocycles. The number of nitrogens with zero attached hydrogens (tertiary/aromatic N) is 3. The molecule has 1 aliphatic rings. The van der Waals surface area contributed by atoms with Gasteiger partial charge < -0.3 is 19.7 Å². The van der Waals surface area contributed by atoms with Gasteiger partial charge in [-0.15, -0.1) is 10.2 Å². The summed E-state index contributed by atoms with van der Waals surface area (Å²) in [7, 11) is 0. The van der Waals surface area contributed by atoms with Gasteiger partial charge in [0.25, 0.3) is 5.88 Å². The van der Waals surface area contributed by atoms with E-state index >= 15 is 0 Å². The van der Waals surface area contributed by atoms with Gasteiger partial charge in [0.15, 0.2) is 5.15 Å². The zero-order valence-electron chi connectivity index (χ0n) is 15.3. The van der Waals surface area contributed by atoms with Gasteiger partial charge in [-0.1, -0.05) is 11.6 Å². The number of nitrogens with one attached hydrogen (secondary N) is 1. The molecular formula is C17H27ClN4O3. The van der Waals surface area contributed by atoms with Crippen molar-refractivity contribution in [2.45, 2.75) is 46.1 Å². The van der Waals surface area contributed by atoms with Crippen LogP contribution < -0.4 is 10.1 Å². The van der Waals surface area contributed by atoms with E-state index in [0.717, 1.165) is 25.1 Å². The maximum atomic E-state index is 12.1. The maximum absolute atomic E-state index is 12.1. The van der Waals surface area contributed by atoms with E-state index in [1.807, 2.05) is 27.7 Å². The lowest BCUT2D eigenvalue weighted by atomic mass is 9.97. The lowest BCUT2D eigenvalue weighted by molar-refractivity contribution is 0.0188. The topological polar surface area (TPSA) is 76.6 Å². The van der Waals surface area contributed by atoms with Crippen LogP contribution in [0.2, 0.25) is 5.15 Å². The van der Waals surface area contributed by atoms with Gasteiger partial charge in [0.2, 0.25) is 0 Å². The Morgan fingerprint density at radius 3 is 2.64 bits per heavy atom. The van der Waals surface area contributed by atoms with E-state index in [1.54, 1.807) is 11.0 Å². The largest absolute Gasteiger partial charge is 0.475 e. The molecule has 2 heterocycles. The molecule has 1 aromatic heterocycles. The van der Waals surface area contributed by atoms with Crippen molar-refractivity contribution in [1.82, 2.24) is 15.1 Å². The molecule has 1 aromatic rings. The second-order valence-corrected chi connectivity index (χ2v) is 7.50. The minimum absolute atomic E-state index is 0.234. The van der Waals surface area contributed by atoms with Gasteiger partial charge in [0, 0.05) is 25.7 Å². The Bertz CT molecular complexity index is 584. The highest BCUT2D eigenvalue weighted by Gasteiger charge is 2.26. The van der Waals surface area contributed by atoms with Crippen molar-refractivity contribution in [3.63, 3.8) is 0 Å². The number of ether oxygens (including phenoxy) is 2. The fourth-order valence-corrected chi connectivity index (χ4v) is 2.77. The average Bonchev–Trinajstić information content (AvgIpc) is 2.54. The van der Waals surface area contributed by atoms with Gasteiger partial charge >= 0.3 is 6.09 Å². The van der Waals surface area contributed by atoms with Crippen molar-refractivity contribution in [3.8, 4) is 5.88 Å². The number of aromatic nitrogens is 2. The van der Waals surface area contributed by atoms with Gasteiger partial charge in [-0.05, 0) is 46.5 Å². The normalized spacial score (nSPS) is 15.8. The molecule has 1 N–H and O–H groups in total. The number of piperidine rings is 1. The van der Waals surface area contributed by atoms with Crippen LogP contribution >= 0.6 is 11.6 Å². The van der Waals surface area contributed by atoms with E-state index in [1.165, 1.54) is 0 Å². The molecule has 0 atom stereocenters. The molecule has 0 bridgehead atoms. The van der Waals surface area contributed by atoms with Crippen molar-refractivity contribution >= 4 is 23.4 Å². The lowest BCUT2D eigenvalue weighted by Crippen LogP contribution is -2.42. The Morgan fingerprint density at radius 1 is 1.36 bits per heavy atom. The average molecular weight is 371 g/mol. The quantitative estimate of drug-likeness (QED) is 0.853. The fraction of sp³-hybridized carbons (Fsp3) is 0.706. The third kappa shape index (κ3) is 6.23. The standard InChI is InChI=1S/C17H27ClN4O3/c1-5-24-15-13(10-14(18)20-21-15)19-11-12-6-8-22(9-7-12)16(23)25-17(2,3)4/h10,12H,5-9,11H2,1-4H3,(H,19,20). The predicted molar refractivity (Wildman–Crippen MR) is 97.2 cm³/mol. The van der Waals surface area contributed by atoms with Crippen LogP contribution in [0.25, 0.3) is 0 Å². The van der Waals surface area contributed by atoms with Crippen LogP contribution in [0.15, 0.2) is 6.07 Å². The molecule has 7 nitrogen and oxygen atoms in total. The number of amides is 1. The van der Waals surface area contributed by atoms with Crippen LogP contribution in [0.5, 0.6) is 5.88 Å². The Hall–Kier alpha value is -1.76. The molecular weight excluding hydrogens is 344 g/mol. The second kappa shape index (κ2) is 8.56. The molecule has 140 valence electrons. The number of halogens is 1. The van der Waals surface area contributed by atoms with Gasteiger partial charge in [0.05, 0.1) is 6.61 Å². The molecule has 1 aliphatic heterocycles. The molecule has 0 saturated carbocycles. The highest BCUT2D eigenvalue weighted by molar-refractivity contribution is 6.29. The minimum atomic E-state index is -0.460. The molecule has 1 amide bonds. The van der Waals surface area contributed by atoms with Gasteiger partial charge in [-0.2, -0.15) is 0 Å². The Morgan fingerprint density at radius 2 is 2.04 bits per heavy atom. The summed E-state index contributed by atoms with van der Waals surface area (Å²) in [5.74, 6) is 0.915. The minimum Gasteiger partial charge on any atom is -0.475 e. The molecule has 0 radical (unpaired) electrons. The zero-order chi connectivity index (χ0) is 18.4. The Labute approximate surface area is 154 Å². The molecule has 8 heteroatoms.